The Labute approximate surface area is 260 Å². The van der Waals surface area contributed by atoms with E-state index in [-0.39, 0.29) is 0 Å². The van der Waals surface area contributed by atoms with Crippen LogP contribution >= 0.6 is 0 Å². The third kappa shape index (κ3) is 4.69. The number of anilines is 2. The van der Waals surface area contributed by atoms with Gasteiger partial charge in [0.05, 0.1) is 51.5 Å². The molecule has 0 aliphatic carbocycles. The smallest absolute Gasteiger partial charge is 0.203 e. The average molecular weight is 602 g/mol. The van der Waals surface area contributed by atoms with E-state index in [0.29, 0.717) is 40.6 Å². The lowest BCUT2D eigenvalue weighted by Crippen LogP contribution is -2.46. The molecule has 2 aliphatic heterocycles. The number of ether oxygens (including phenoxy) is 4. The van der Waals surface area contributed by atoms with Gasteiger partial charge < -0.3 is 29.2 Å². The van der Waals surface area contributed by atoms with Gasteiger partial charge in [-0.3, -0.25) is 0 Å². The third-order valence-corrected chi connectivity index (χ3v) is 7.86. The fourth-order valence-electron chi connectivity index (χ4n) is 5.82. The zero-order chi connectivity index (χ0) is 31.1. The number of aryl methyl sites for hydroxylation is 1. The molecule has 0 saturated carbocycles. The number of pyridine rings is 1. The van der Waals surface area contributed by atoms with Crippen LogP contribution in [0.4, 0.5) is 22.9 Å². The van der Waals surface area contributed by atoms with Crippen LogP contribution < -0.4 is 29.2 Å². The van der Waals surface area contributed by atoms with Gasteiger partial charge in [0.1, 0.15) is 5.75 Å². The van der Waals surface area contributed by atoms with E-state index in [0.717, 1.165) is 39.6 Å². The molecule has 0 radical (unpaired) electrons. The first-order valence-corrected chi connectivity index (χ1v) is 14.3. The van der Waals surface area contributed by atoms with Crippen LogP contribution in [0.2, 0.25) is 0 Å². The highest BCUT2D eigenvalue weighted by atomic mass is 16.5. The number of hydrogen-bond donors (Lipinski definition) is 1. The summed E-state index contributed by atoms with van der Waals surface area (Å²) in [5.41, 5.74) is 5.14. The van der Waals surface area contributed by atoms with E-state index in [9.17, 15) is 0 Å². The van der Waals surface area contributed by atoms with E-state index in [1.807, 2.05) is 85.8 Å². The lowest BCUT2D eigenvalue weighted by atomic mass is 9.92. The number of amidine groups is 2. The highest BCUT2D eigenvalue weighted by Crippen LogP contribution is 2.50. The normalized spacial score (nSPS) is 14.8. The molecule has 226 valence electrons. The number of benzene rings is 3. The molecule has 1 atom stereocenters. The Morgan fingerprint density at radius 3 is 2.18 bits per heavy atom. The molecule has 1 N–H and O–H groups in total. The first-order valence-electron chi connectivity index (χ1n) is 14.3. The Kier molecular flexibility index (Phi) is 7.05. The zero-order valence-electron chi connectivity index (χ0n) is 25.5. The fraction of sp³-hybridized carbons (Fsp3) is 0.176. The molecule has 2 aliphatic rings. The second kappa shape index (κ2) is 11.3. The van der Waals surface area contributed by atoms with Crippen LogP contribution in [0.3, 0.4) is 0 Å². The highest BCUT2D eigenvalue weighted by Gasteiger charge is 2.42. The van der Waals surface area contributed by atoms with E-state index >= 15 is 0 Å². The van der Waals surface area contributed by atoms with Crippen LogP contribution in [0.25, 0.3) is 5.82 Å². The Balaban J connectivity index is 1.50. The Hall–Kier alpha value is -5.84. The van der Waals surface area contributed by atoms with E-state index in [4.69, 9.17) is 34.0 Å². The van der Waals surface area contributed by atoms with Crippen molar-refractivity contribution in [1.82, 2.24) is 14.8 Å². The van der Waals surface area contributed by atoms with Gasteiger partial charge >= 0.3 is 0 Å². The predicted octanol–water partition coefficient (Wildman–Crippen LogP) is 6.41. The summed E-state index contributed by atoms with van der Waals surface area (Å²) >= 11 is 0. The van der Waals surface area contributed by atoms with Crippen molar-refractivity contribution >= 4 is 34.6 Å². The van der Waals surface area contributed by atoms with E-state index < -0.39 is 6.04 Å². The molecule has 3 aromatic carbocycles. The quantitative estimate of drug-likeness (QED) is 0.228. The molecule has 0 fully saturated rings. The number of fused-ring (bicyclic) bond motifs is 4. The molecular weight excluding hydrogens is 570 g/mol. The third-order valence-electron chi connectivity index (χ3n) is 7.86. The van der Waals surface area contributed by atoms with Crippen molar-refractivity contribution in [3.05, 3.63) is 102 Å². The van der Waals surface area contributed by atoms with Gasteiger partial charge in [0.15, 0.2) is 34.8 Å². The Morgan fingerprint density at radius 1 is 0.778 bits per heavy atom. The summed E-state index contributed by atoms with van der Waals surface area (Å²) < 4.78 is 24.4. The van der Waals surface area contributed by atoms with E-state index in [2.05, 4.69) is 15.2 Å². The molecule has 7 rings (SSSR count). The van der Waals surface area contributed by atoms with Crippen LogP contribution in [0.1, 0.15) is 22.9 Å². The summed E-state index contributed by atoms with van der Waals surface area (Å²) in [6.07, 6.45) is 1.74. The summed E-state index contributed by atoms with van der Waals surface area (Å²) in [5.74, 6) is 4.86. The highest BCUT2D eigenvalue weighted by molar-refractivity contribution is 6.51. The van der Waals surface area contributed by atoms with Crippen molar-refractivity contribution in [2.24, 2.45) is 9.98 Å². The van der Waals surface area contributed by atoms with Crippen LogP contribution in [-0.4, -0.2) is 54.9 Å². The van der Waals surface area contributed by atoms with Crippen LogP contribution in [0.5, 0.6) is 23.0 Å². The standard InChI is InChI=1S/C34H31N7O4/c1-20-29-30(21-18-26(43-3)31(45-5)27(19-21)44-4)40-25-11-7-6-10-24(25)37-32(36-22-13-15-23(42-2)16-14-22)34(40)38-33(29)41(39-20)28-12-8-9-17-35-28/h6-19,30H,1-5H3,(H,36,37). The van der Waals surface area contributed by atoms with Gasteiger partial charge in [0, 0.05) is 17.4 Å². The minimum Gasteiger partial charge on any atom is -0.497 e. The molecule has 0 bridgehead atoms. The van der Waals surface area contributed by atoms with Gasteiger partial charge in [0.2, 0.25) is 5.75 Å². The van der Waals surface area contributed by atoms with Crippen molar-refractivity contribution < 1.29 is 18.9 Å². The molecule has 5 aromatic rings. The summed E-state index contributed by atoms with van der Waals surface area (Å²) in [6, 6.07) is 25.0. The first kappa shape index (κ1) is 28.0. The number of para-hydroxylation sites is 2. The van der Waals surface area contributed by atoms with Gasteiger partial charge in [0.25, 0.3) is 0 Å². The van der Waals surface area contributed by atoms with Gasteiger partial charge in [-0.2, -0.15) is 9.78 Å². The zero-order valence-corrected chi connectivity index (χ0v) is 25.5. The van der Waals surface area contributed by atoms with E-state index in [1.54, 1.807) is 39.3 Å². The Morgan fingerprint density at radius 2 is 1.51 bits per heavy atom. The maximum Gasteiger partial charge on any atom is 0.203 e. The van der Waals surface area contributed by atoms with Crippen molar-refractivity contribution in [3.8, 4) is 28.8 Å². The largest absolute Gasteiger partial charge is 0.497 e. The number of rotatable bonds is 7. The lowest BCUT2D eigenvalue weighted by molar-refractivity contribution is 0.323. The molecule has 45 heavy (non-hydrogen) atoms. The summed E-state index contributed by atoms with van der Waals surface area (Å²) in [4.78, 5) is 17.1. The number of aromatic nitrogens is 3. The SMILES string of the molecule is COc1ccc(NC2=Nc3ccccc3N3C2=Nc2c(c(C)nn2-c2ccccn2)C3c2cc(OC)c(OC)c(OC)c2)cc1. The van der Waals surface area contributed by atoms with Gasteiger partial charge in [-0.15, -0.1) is 0 Å². The maximum atomic E-state index is 5.80. The Bertz CT molecular complexity index is 1930. The van der Waals surface area contributed by atoms with Crippen molar-refractivity contribution in [3.63, 3.8) is 0 Å². The first-order chi connectivity index (χ1) is 22.0. The molecule has 0 spiro atoms. The topological polar surface area (TPSA) is 108 Å². The van der Waals surface area contributed by atoms with Gasteiger partial charge in [-0.1, -0.05) is 18.2 Å². The molecule has 2 aromatic heterocycles. The minimum atomic E-state index is -0.400. The summed E-state index contributed by atoms with van der Waals surface area (Å²) in [5, 5.41) is 8.47. The number of hydrogen-bond acceptors (Lipinski definition) is 10. The maximum absolute atomic E-state index is 5.80. The van der Waals surface area contributed by atoms with Crippen LogP contribution in [-0.2, 0) is 0 Å². The number of aliphatic imine (C=N–C) groups is 2. The molecule has 4 heterocycles. The molecule has 11 heteroatoms. The van der Waals surface area contributed by atoms with Gasteiger partial charge in [-0.25, -0.2) is 15.0 Å². The monoisotopic (exact) mass is 601 g/mol. The summed E-state index contributed by atoms with van der Waals surface area (Å²) in [6.45, 7) is 1.99. The van der Waals surface area contributed by atoms with Gasteiger partial charge in [-0.05, 0) is 73.2 Å². The fourth-order valence-corrected chi connectivity index (χ4v) is 5.82. The number of methoxy groups -OCH3 is 4. The predicted molar refractivity (Wildman–Crippen MR) is 174 cm³/mol. The second-order valence-corrected chi connectivity index (χ2v) is 10.4. The number of nitrogens with one attached hydrogen (secondary N) is 1. The van der Waals surface area contributed by atoms with Crippen molar-refractivity contribution in [2.75, 3.05) is 38.7 Å². The number of nitrogens with zero attached hydrogens (tertiary/aromatic N) is 6. The van der Waals surface area contributed by atoms with Crippen LogP contribution in [0.15, 0.2) is 95.0 Å². The van der Waals surface area contributed by atoms with E-state index in [1.165, 1.54) is 0 Å². The molecular formula is C34H31N7O4. The molecule has 0 amide bonds. The molecule has 11 nitrogen and oxygen atoms in total. The van der Waals surface area contributed by atoms with Crippen LogP contribution in [0, 0.1) is 6.92 Å². The second-order valence-electron chi connectivity index (χ2n) is 10.4. The lowest BCUT2D eigenvalue weighted by Gasteiger charge is -2.40. The molecule has 0 saturated heterocycles. The molecule has 1 unspecified atom stereocenters. The average Bonchev–Trinajstić information content (AvgIpc) is 3.43. The van der Waals surface area contributed by atoms with Crippen molar-refractivity contribution in [2.45, 2.75) is 13.0 Å². The van der Waals surface area contributed by atoms with Crippen molar-refractivity contribution in [1.29, 1.82) is 0 Å². The summed E-state index contributed by atoms with van der Waals surface area (Å²) in [7, 11) is 6.47. The minimum absolute atomic E-state index is 0.400.